The van der Waals surface area contributed by atoms with Crippen LogP contribution in [0, 0.1) is 5.82 Å². The maximum absolute atomic E-state index is 14.2. The molecule has 2 aromatic rings. The summed E-state index contributed by atoms with van der Waals surface area (Å²) >= 11 is 0. The van der Waals surface area contributed by atoms with Crippen LogP contribution in [0.4, 0.5) is 10.1 Å². The van der Waals surface area contributed by atoms with Gasteiger partial charge in [-0.25, -0.2) is 4.39 Å². The lowest BCUT2D eigenvalue weighted by Crippen LogP contribution is -2.33. The molecule has 0 bridgehead atoms. The number of morpholine rings is 1. The molecular formula is C16H18FN5O2. The van der Waals surface area contributed by atoms with Crippen molar-refractivity contribution in [2.75, 3.05) is 25.0 Å². The first-order valence-corrected chi connectivity index (χ1v) is 8.06. The number of aromatic amines is 1. The Bertz CT molecular complexity index is 735. The molecule has 1 saturated heterocycles. The number of nitrogens with one attached hydrogen (secondary N) is 3. The first kappa shape index (κ1) is 15.2. The zero-order valence-corrected chi connectivity index (χ0v) is 13.0. The van der Waals surface area contributed by atoms with E-state index in [0.29, 0.717) is 24.5 Å². The zero-order chi connectivity index (χ0) is 16.5. The average molecular weight is 331 g/mol. The number of hydrogen-bond donors (Lipinski definition) is 3. The molecule has 1 aliphatic heterocycles. The van der Waals surface area contributed by atoms with Crippen molar-refractivity contribution in [3.8, 4) is 0 Å². The molecule has 2 aromatic heterocycles. The lowest BCUT2D eigenvalue weighted by atomic mass is 10.2. The van der Waals surface area contributed by atoms with Gasteiger partial charge in [0.1, 0.15) is 11.8 Å². The van der Waals surface area contributed by atoms with Crippen molar-refractivity contribution in [3.63, 3.8) is 0 Å². The fourth-order valence-corrected chi connectivity index (χ4v) is 2.74. The van der Waals surface area contributed by atoms with E-state index in [0.717, 1.165) is 25.1 Å². The van der Waals surface area contributed by atoms with Crippen molar-refractivity contribution in [3.05, 3.63) is 41.2 Å². The van der Waals surface area contributed by atoms with Crippen LogP contribution >= 0.6 is 0 Å². The second kappa shape index (κ2) is 6.29. The monoisotopic (exact) mass is 331 g/mol. The number of ether oxygens (including phenoxy) is 1. The second-order valence-corrected chi connectivity index (χ2v) is 6.06. The molecular weight excluding hydrogens is 313 g/mol. The first-order chi connectivity index (χ1) is 11.7. The number of H-pyrrole nitrogens is 1. The third-order valence-corrected chi connectivity index (χ3v) is 4.23. The molecule has 0 radical (unpaired) electrons. The molecule has 3 heterocycles. The number of rotatable bonds is 4. The molecule has 0 unspecified atom stereocenters. The number of carbonyl (C=O) groups excluding carboxylic acids is 1. The average Bonchev–Trinajstić information content (AvgIpc) is 3.38. The summed E-state index contributed by atoms with van der Waals surface area (Å²) in [5.74, 6) is -0.967. The Balaban J connectivity index is 1.43. The minimum Gasteiger partial charge on any atom is -0.369 e. The zero-order valence-electron chi connectivity index (χ0n) is 13.0. The highest BCUT2D eigenvalue weighted by Gasteiger charge is 2.32. The minimum atomic E-state index is -0.558. The SMILES string of the molecule is O=C(Nc1ccc([C@H]2CNCCO2)nc1)c1[nH]nc(C2CC2)c1F. The predicted molar refractivity (Wildman–Crippen MR) is 84.3 cm³/mol. The lowest BCUT2D eigenvalue weighted by molar-refractivity contribution is 0.0250. The van der Waals surface area contributed by atoms with Gasteiger partial charge in [-0.1, -0.05) is 0 Å². The number of hydrogen-bond acceptors (Lipinski definition) is 5. The van der Waals surface area contributed by atoms with Crippen molar-refractivity contribution in [2.24, 2.45) is 0 Å². The van der Waals surface area contributed by atoms with Crippen LogP contribution in [0.25, 0.3) is 0 Å². The number of anilines is 1. The van der Waals surface area contributed by atoms with Gasteiger partial charge in [-0.3, -0.25) is 14.9 Å². The summed E-state index contributed by atoms with van der Waals surface area (Å²) in [7, 11) is 0. The highest BCUT2D eigenvalue weighted by molar-refractivity contribution is 6.03. The Hall–Kier alpha value is -2.32. The number of nitrogens with zero attached hydrogens (tertiary/aromatic N) is 2. The molecule has 1 saturated carbocycles. The summed E-state index contributed by atoms with van der Waals surface area (Å²) in [6.07, 6.45) is 3.30. The minimum absolute atomic E-state index is 0.0883. The van der Waals surface area contributed by atoms with Gasteiger partial charge in [0.05, 0.1) is 24.2 Å². The summed E-state index contributed by atoms with van der Waals surface area (Å²) < 4.78 is 19.8. The van der Waals surface area contributed by atoms with Crippen LogP contribution in [0.2, 0.25) is 0 Å². The third kappa shape index (κ3) is 3.02. The Morgan fingerprint density at radius 2 is 2.25 bits per heavy atom. The van der Waals surface area contributed by atoms with Crippen LogP contribution in [0.1, 0.15) is 46.7 Å². The van der Waals surface area contributed by atoms with Crippen LogP contribution in [0.15, 0.2) is 18.3 Å². The molecule has 0 spiro atoms. The molecule has 24 heavy (non-hydrogen) atoms. The van der Waals surface area contributed by atoms with E-state index in [2.05, 4.69) is 25.8 Å². The van der Waals surface area contributed by atoms with Crippen LogP contribution in [0.3, 0.4) is 0 Å². The van der Waals surface area contributed by atoms with Crippen LogP contribution in [0.5, 0.6) is 0 Å². The van der Waals surface area contributed by atoms with Gasteiger partial charge in [-0.2, -0.15) is 5.10 Å². The van der Waals surface area contributed by atoms with E-state index in [1.807, 2.05) is 0 Å². The second-order valence-electron chi connectivity index (χ2n) is 6.06. The summed E-state index contributed by atoms with van der Waals surface area (Å²) in [5, 5.41) is 12.3. The first-order valence-electron chi connectivity index (χ1n) is 8.06. The Kier molecular flexibility index (Phi) is 3.99. The van der Waals surface area contributed by atoms with Gasteiger partial charge in [0.15, 0.2) is 11.5 Å². The number of aromatic nitrogens is 3. The normalized spacial score (nSPS) is 20.8. The molecule has 0 aromatic carbocycles. The van der Waals surface area contributed by atoms with E-state index in [-0.39, 0.29) is 17.7 Å². The van der Waals surface area contributed by atoms with Gasteiger partial charge in [0.2, 0.25) is 0 Å². The topological polar surface area (TPSA) is 91.9 Å². The van der Waals surface area contributed by atoms with E-state index in [1.165, 1.54) is 0 Å². The molecule has 7 nitrogen and oxygen atoms in total. The predicted octanol–water partition coefficient (Wildman–Crippen LogP) is 1.73. The highest BCUT2D eigenvalue weighted by Crippen LogP contribution is 2.40. The standard InChI is InChI=1S/C16H18FN5O2/c17-13-14(9-1-2-9)21-22-15(13)16(23)20-10-3-4-11(19-7-10)12-8-18-5-6-24-12/h3-4,7,9,12,18H,1-2,5-6,8H2,(H,20,23)(H,21,22)/t12-/m1/s1. The quantitative estimate of drug-likeness (QED) is 0.794. The third-order valence-electron chi connectivity index (χ3n) is 4.23. The number of halogens is 1. The molecule has 8 heteroatoms. The lowest BCUT2D eigenvalue weighted by Gasteiger charge is -2.23. The smallest absolute Gasteiger partial charge is 0.276 e. The van der Waals surface area contributed by atoms with Crippen molar-refractivity contribution >= 4 is 11.6 Å². The molecule has 2 fully saturated rings. The van der Waals surface area contributed by atoms with E-state index in [1.54, 1.807) is 18.3 Å². The molecule has 4 rings (SSSR count). The van der Waals surface area contributed by atoms with Crippen LogP contribution in [-0.4, -0.2) is 40.8 Å². The summed E-state index contributed by atoms with van der Waals surface area (Å²) in [6, 6.07) is 3.53. The van der Waals surface area contributed by atoms with Gasteiger partial charge >= 0.3 is 0 Å². The van der Waals surface area contributed by atoms with Crippen molar-refractivity contribution < 1.29 is 13.9 Å². The van der Waals surface area contributed by atoms with E-state index in [4.69, 9.17) is 4.74 Å². The van der Waals surface area contributed by atoms with E-state index >= 15 is 0 Å². The van der Waals surface area contributed by atoms with Crippen LogP contribution < -0.4 is 10.6 Å². The Morgan fingerprint density at radius 1 is 1.38 bits per heavy atom. The fraction of sp³-hybridized carbons (Fsp3) is 0.438. The molecule has 2 aliphatic rings. The highest BCUT2D eigenvalue weighted by atomic mass is 19.1. The van der Waals surface area contributed by atoms with Gasteiger partial charge in [-0.05, 0) is 25.0 Å². The molecule has 3 N–H and O–H groups in total. The van der Waals surface area contributed by atoms with Crippen molar-refractivity contribution in [2.45, 2.75) is 24.9 Å². The van der Waals surface area contributed by atoms with Crippen molar-refractivity contribution in [1.29, 1.82) is 0 Å². The van der Waals surface area contributed by atoms with E-state index in [9.17, 15) is 9.18 Å². The van der Waals surface area contributed by atoms with Crippen molar-refractivity contribution in [1.82, 2.24) is 20.5 Å². The molecule has 1 atom stereocenters. The largest absolute Gasteiger partial charge is 0.369 e. The number of amides is 1. The summed E-state index contributed by atoms with van der Waals surface area (Å²) in [5.41, 5.74) is 1.51. The number of carbonyl (C=O) groups is 1. The molecule has 126 valence electrons. The maximum atomic E-state index is 14.2. The van der Waals surface area contributed by atoms with E-state index < -0.39 is 11.7 Å². The molecule has 1 amide bonds. The Labute approximate surface area is 138 Å². The fourth-order valence-electron chi connectivity index (χ4n) is 2.74. The molecule has 1 aliphatic carbocycles. The van der Waals surface area contributed by atoms with Gasteiger partial charge in [0, 0.05) is 19.0 Å². The Morgan fingerprint density at radius 3 is 2.92 bits per heavy atom. The van der Waals surface area contributed by atoms with Gasteiger partial charge < -0.3 is 15.4 Å². The van der Waals surface area contributed by atoms with Gasteiger partial charge in [0.25, 0.3) is 5.91 Å². The van der Waals surface area contributed by atoms with Crippen LogP contribution in [-0.2, 0) is 4.74 Å². The summed E-state index contributed by atoms with van der Waals surface area (Å²) in [6.45, 7) is 2.19. The van der Waals surface area contributed by atoms with Gasteiger partial charge in [-0.15, -0.1) is 0 Å². The summed E-state index contributed by atoms with van der Waals surface area (Å²) in [4.78, 5) is 16.5. The maximum Gasteiger partial charge on any atom is 0.276 e. The number of pyridine rings is 1.